The van der Waals surface area contributed by atoms with Gasteiger partial charge in [-0.3, -0.25) is 0 Å². The lowest BCUT2D eigenvalue weighted by Crippen LogP contribution is -2.57. The first-order valence-electron chi connectivity index (χ1n) is 13.4. The van der Waals surface area contributed by atoms with E-state index >= 15 is 0 Å². The Hall–Kier alpha value is -1.63. The first-order chi connectivity index (χ1) is 18.1. The van der Waals surface area contributed by atoms with Crippen LogP contribution in [0.2, 0.25) is 58.9 Å². The fraction of sp³-hybridized carbons (Fsp3) is 0.419. The van der Waals surface area contributed by atoms with Crippen molar-refractivity contribution < 1.29 is 17.7 Å². The van der Waals surface area contributed by atoms with Crippen LogP contribution in [0.1, 0.15) is 0 Å². The number of benzene rings is 3. The van der Waals surface area contributed by atoms with Crippen LogP contribution in [0.5, 0.6) is 0 Å². The van der Waals surface area contributed by atoms with Crippen molar-refractivity contribution in [3.05, 3.63) is 91.0 Å². The second-order valence-electron chi connectivity index (χ2n) is 11.7. The minimum atomic E-state index is -1.98. The van der Waals surface area contributed by atoms with Crippen molar-refractivity contribution in [3.8, 4) is 0 Å². The van der Waals surface area contributed by atoms with Gasteiger partial charge < -0.3 is 17.7 Å². The van der Waals surface area contributed by atoms with Gasteiger partial charge in [-0.15, -0.1) is 0 Å². The molecule has 0 spiro atoms. The number of hydrogen-bond acceptors (Lipinski definition) is 4. The average Bonchev–Trinajstić information content (AvgIpc) is 2.94. The van der Waals surface area contributed by atoms with Gasteiger partial charge in [-0.2, -0.15) is 0 Å². The summed E-state index contributed by atoms with van der Waals surface area (Å²) in [7, 11) is 1.35. The van der Waals surface area contributed by atoms with Crippen LogP contribution in [0, 0.1) is 0 Å². The Kier molecular flexibility index (Phi) is 17.2. The van der Waals surface area contributed by atoms with Crippen LogP contribution in [-0.4, -0.2) is 61.7 Å². The maximum Gasteiger partial charge on any atom is 0.252 e. The van der Waals surface area contributed by atoms with Gasteiger partial charge in [0.25, 0.3) is 8.32 Å². The molecule has 0 aliphatic rings. The summed E-state index contributed by atoms with van der Waals surface area (Å²) in [5.74, 6) is 0. The zero-order valence-electron chi connectivity index (χ0n) is 26.8. The van der Waals surface area contributed by atoms with Crippen LogP contribution in [0.25, 0.3) is 0 Å². The first-order valence-corrected chi connectivity index (χ1v) is 25.6. The highest BCUT2D eigenvalue weighted by Gasteiger charge is 2.32. The van der Waals surface area contributed by atoms with Crippen LogP contribution >= 0.6 is 0 Å². The van der Waals surface area contributed by atoms with E-state index in [0.717, 1.165) is 0 Å². The highest BCUT2D eigenvalue weighted by atomic mass is 28.4. The maximum absolute atomic E-state index is 5.85. The van der Waals surface area contributed by atoms with Gasteiger partial charge in [0.05, 0.1) is 0 Å². The van der Waals surface area contributed by atoms with Crippen molar-refractivity contribution in [3.63, 3.8) is 0 Å². The zero-order chi connectivity index (χ0) is 30.2. The molecule has 3 aromatic carbocycles. The van der Waals surface area contributed by atoms with Crippen LogP contribution in [-0.2, 0) is 17.7 Å². The fourth-order valence-corrected chi connectivity index (χ4v) is 6.56. The van der Waals surface area contributed by atoms with Gasteiger partial charge in [-0.1, -0.05) is 91.0 Å². The van der Waals surface area contributed by atoms with Gasteiger partial charge >= 0.3 is 0 Å². The van der Waals surface area contributed by atoms with Crippen molar-refractivity contribution >= 4 is 48.8 Å². The summed E-state index contributed by atoms with van der Waals surface area (Å²) < 4.78 is 21.5. The van der Waals surface area contributed by atoms with Crippen LogP contribution < -0.4 is 15.6 Å². The molecule has 0 saturated heterocycles. The normalized spacial score (nSPS) is 11.6. The van der Waals surface area contributed by atoms with E-state index in [2.05, 4.69) is 132 Å². The van der Waals surface area contributed by atoms with Crippen LogP contribution in [0.4, 0.5) is 0 Å². The molecule has 0 fully saturated rings. The van der Waals surface area contributed by atoms with Crippen LogP contribution in [0.3, 0.4) is 0 Å². The summed E-state index contributed by atoms with van der Waals surface area (Å²) in [5.41, 5.74) is 0. The van der Waals surface area contributed by atoms with Gasteiger partial charge in [-0.25, -0.2) is 0 Å². The van der Waals surface area contributed by atoms with E-state index < -0.39 is 33.3 Å². The molecule has 0 N–H and O–H groups in total. The summed E-state index contributed by atoms with van der Waals surface area (Å²) in [6.07, 6.45) is 0. The third kappa shape index (κ3) is 15.7. The van der Waals surface area contributed by atoms with Crippen molar-refractivity contribution in [1.82, 2.24) is 0 Å². The third-order valence-corrected chi connectivity index (χ3v) is 15.1. The molecule has 0 unspecified atom stereocenters. The standard InChI is InChI=1S/C14H16OSi.C9H14OSi.2C4H12OSi/c1-15-16(2,13-9-5-3-6-10-13)14-11-7-4-8-12-14;1-10-11(2,3)9-7-5-4-6-8-9;2*1-5-6(2,3)4/h3-12H,1-2H3;4-8H,1-3H3;2*1-4H3. The van der Waals surface area contributed by atoms with Gasteiger partial charge in [0, 0.05) is 28.4 Å². The molecule has 218 valence electrons. The van der Waals surface area contributed by atoms with E-state index in [0.29, 0.717) is 0 Å². The molecular weight excluding hydrogens is 549 g/mol. The molecule has 3 aromatic rings. The van der Waals surface area contributed by atoms with Crippen molar-refractivity contribution in [2.24, 2.45) is 0 Å². The Labute approximate surface area is 244 Å². The monoisotopic (exact) mass is 602 g/mol. The van der Waals surface area contributed by atoms with E-state index in [1.54, 1.807) is 21.3 Å². The fourth-order valence-electron chi connectivity index (χ4n) is 2.87. The largest absolute Gasteiger partial charge is 0.421 e. The molecule has 0 aliphatic carbocycles. The smallest absolute Gasteiger partial charge is 0.252 e. The Bertz CT molecular complexity index is 950. The van der Waals surface area contributed by atoms with Crippen molar-refractivity contribution in [1.29, 1.82) is 0 Å². The summed E-state index contributed by atoms with van der Waals surface area (Å²) in [4.78, 5) is 0. The molecule has 4 nitrogen and oxygen atoms in total. The lowest BCUT2D eigenvalue weighted by molar-refractivity contribution is 0.410. The molecule has 0 atom stereocenters. The van der Waals surface area contributed by atoms with E-state index in [4.69, 9.17) is 17.7 Å². The lowest BCUT2D eigenvalue weighted by Gasteiger charge is -2.26. The molecule has 0 bridgehead atoms. The molecule has 39 heavy (non-hydrogen) atoms. The predicted molar refractivity (Wildman–Crippen MR) is 182 cm³/mol. The predicted octanol–water partition coefficient (Wildman–Crippen LogP) is 6.70. The molecule has 0 amide bonds. The summed E-state index contributed by atoms with van der Waals surface area (Å²) in [5, 5.41) is 3.97. The van der Waals surface area contributed by atoms with E-state index in [9.17, 15) is 0 Å². The summed E-state index contributed by atoms with van der Waals surface area (Å²) >= 11 is 0. The first kappa shape index (κ1) is 37.4. The van der Waals surface area contributed by atoms with Gasteiger partial charge in [0.2, 0.25) is 8.32 Å². The SMILES string of the molecule is CO[Si](C)(C)C.CO[Si](C)(C)C.CO[Si](C)(C)c1ccccc1.CO[Si](C)(c1ccccc1)c1ccccc1. The van der Waals surface area contributed by atoms with Gasteiger partial charge in [0.15, 0.2) is 16.6 Å². The summed E-state index contributed by atoms with van der Waals surface area (Å²) in [6.45, 7) is 19.6. The second kappa shape index (κ2) is 17.9. The number of rotatable bonds is 7. The molecule has 8 heteroatoms. The Morgan fingerprint density at radius 2 is 0.615 bits per heavy atom. The Morgan fingerprint density at radius 3 is 0.821 bits per heavy atom. The minimum Gasteiger partial charge on any atom is -0.421 e. The van der Waals surface area contributed by atoms with Gasteiger partial charge in [0.1, 0.15) is 0 Å². The second-order valence-corrected chi connectivity index (χ2v) is 28.6. The molecular formula is C31H54O4Si4. The van der Waals surface area contributed by atoms with Gasteiger partial charge in [-0.05, 0) is 74.5 Å². The topological polar surface area (TPSA) is 36.9 Å². The summed E-state index contributed by atoms with van der Waals surface area (Å²) in [6, 6.07) is 31.4. The highest BCUT2D eigenvalue weighted by Crippen LogP contribution is 2.06. The van der Waals surface area contributed by atoms with Crippen molar-refractivity contribution in [2.45, 2.75) is 58.9 Å². The highest BCUT2D eigenvalue weighted by molar-refractivity contribution is 6.96. The zero-order valence-corrected chi connectivity index (χ0v) is 30.8. The minimum absolute atomic E-state index is 1.13. The lowest BCUT2D eigenvalue weighted by atomic mass is 10.4. The number of hydrogen-bond donors (Lipinski definition) is 0. The Morgan fingerprint density at radius 1 is 0.359 bits per heavy atom. The van der Waals surface area contributed by atoms with E-state index in [1.165, 1.54) is 15.6 Å². The van der Waals surface area contributed by atoms with Crippen LogP contribution in [0.15, 0.2) is 91.0 Å². The molecule has 0 heterocycles. The molecule has 0 saturated carbocycles. The third-order valence-electron chi connectivity index (χ3n) is 6.26. The molecule has 0 aromatic heterocycles. The Balaban J connectivity index is 0.000000545. The quantitative estimate of drug-likeness (QED) is 0.282. The van der Waals surface area contributed by atoms with E-state index in [1.807, 2.05) is 25.3 Å². The molecule has 0 aliphatic heterocycles. The molecule has 0 radical (unpaired) electrons. The van der Waals surface area contributed by atoms with E-state index in [-0.39, 0.29) is 0 Å². The molecule has 3 rings (SSSR count). The van der Waals surface area contributed by atoms with Crippen molar-refractivity contribution in [2.75, 3.05) is 28.4 Å². The maximum atomic E-state index is 5.85. The average molecular weight is 603 g/mol.